The molecule has 1 heterocycles. The van der Waals surface area contributed by atoms with Crippen LogP contribution in [0.15, 0.2) is 59.6 Å². The second-order valence-corrected chi connectivity index (χ2v) is 6.57. The first kappa shape index (κ1) is 21.6. The van der Waals surface area contributed by atoms with Crippen molar-refractivity contribution in [3.63, 3.8) is 0 Å². The maximum atomic E-state index is 13.8. The van der Waals surface area contributed by atoms with E-state index in [1.165, 1.54) is 11.6 Å². The Kier molecular flexibility index (Phi) is 8.50. The van der Waals surface area contributed by atoms with Crippen LogP contribution in [-0.4, -0.2) is 42.1 Å². The molecule has 0 aromatic heterocycles. The Morgan fingerprint density at radius 1 is 1.22 bits per heavy atom. The second kappa shape index (κ2) is 10.6. The molecule has 0 amide bonds. The number of hydrogen-bond acceptors (Lipinski definition) is 2. The van der Waals surface area contributed by atoms with Crippen LogP contribution in [0.5, 0.6) is 0 Å². The Hall–Kier alpha value is -1.67. The van der Waals surface area contributed by atoms with Gasteiger partial charge in [0.1, 0.15) is 11.9 Å². The molecule has 3 rings (SSSR count). The molecule has 2 aromatic rings. The van der Waals surface area contributed by atoms with Gasteiger partial charge >= 0.3 is 0 Å². The van der Waals surface area contributed by atoms with Gasteiger partial charge in [-0.15, -0.1) is 24.0 Å². The highest BCUT2D eigenvalue weighted by Gasteiger charge is 2.26. The Balaban J connectivity index is 0.00000261. The average molecular weight is 483 g/mol. The molecule has 4 nitrogen and oxygen atoms in total. The molecule has 6 heteroatoms. The lowest BCUT2D eigenvalue weighted by atomic mass is 9.99. The first-order chi connectivity index (χ1) is 12.7. The van der Waals surface area contributed by atoms with Gasteiger partial charge in [0.25, 0.3) is 0 Å². The Morgan fingerprint density at radius 2 is 1.93 bits per heavy atom. The van der Waals surface area contributed by atoms with Crippen molar-refractivity contribution in [1.82, 2.24) is 10.2 Å². The zero-order valence-corrected chi connectivity index (χ0v) is 17.8. The van der Waals surface area contributed by atoms with Crippen molar-refractivity contribution in [2.45, 2.75) is 25.4 Å². The number of halogens is 2. The highest BCUT2D eigenvalue weighted by atomic mass is 127. The average Bonchev–Trinajstić information content (AvgIpc) is 3.16. The maximum absolute atomic E-state index is 13.8. The summed E-state index contributed by atoms with van der Waals surface area (Å²) < 4.78 is 13.8. The fourth-order valence-electron chi connectivity index (χ4n) is 3.39. The molecular formula is C21H27FIN3O. The maximum Gasteiger partial charge on any atom is 0.194 e. The molecule has 0 spiro atoms. The molecule has 1 aliphatic rings. The van der Waals surface area contributed by atoms with Crippen LogP contribution in [0.25, 0.3) is 0 Å². The van der Waals surface area contributed by atoms with Gasteiger partial charge in [0.2, 0.25) is 0 Å². The molecule has 0 radical (unpaired) electrons. The molecule has 2 N–H and O–H groups in total. The molecule has 1 aliphatic heterocycles. The van der Waals surface area contributed by atoms with Crippen molar-refractivity contribution in [3.05, 3.63) is 71.5 Å². The lowest BCUT2D eigenvalue weighted by Gasteiger charge is -2.22. The van der Waals surface area contributed by atoms with E-state index in [2.05, 4.69) is 39.5 Å². The number of hydrogen-bond donors (Lipinski definition) is 2. The molecule has 2 atom stereocenters. The van der Waals surface area contributed by atoms with E-state index in [9.17, 15) is 9.50 Å². The van der Waals surface area contributed by atoms with E-state index in [0.29, 0.717) is 5.92 Å². The zero-order valence-electron chi connectivity index (χ0n) is 15.5. The molecule has 27 heavy (non-hydrogen) atoms. The van der Waals surface area contributed by atoms with Gasteiger partial charge in [-0.1, -0.05) is 48.5 Å². The molecule has 1 fully saturated rings. The fraction of sp³-hybridized carbons (Fsp3) is 0.381. The summed E-state index contributed by atoms with van der Waals surface area (Å²) in [6, 6.07) is 16.8. The van der Waals surface area contributed by atoms with E-state index in [4.69, 9.17) is 0 Å². The number of rotatable bonds is 5. The Morgan fingerprint density at radius 3 is 2.63 bits per heavy atom. The van der Waals surface area contributed by atoms with Gasteiger partial charge in [0.15, 0.2) is 5.96 Å². The third-order valence-electron chi connectivity index (χ3n) is 4.77. The van der Waals surface area contributed by atoms with Crippen LogP contribution in [0.2, 0.25) is 0 Å². The number of benzene rings is 2. The summed E-state index contributed by atoms with van der Waals surface area (Å²) in [4.78, 5) is 6.77. The van der Waals surface area contributed by atoms with E-state index >= 15 is 0 Å². The van der Waals surface area contributed by atoms with Gasteiger partial charge in [-0.25, -0.2) is 4.39 Å². The molecule has 2 unspecified atom stereocenters. The summed E-state index contributed by atoms with van der Waals surface area (Å²) in [7, 11) is 0. The largest absolute Gasteiger partial charge is 0.386 e. The predicted molar refractivity (Wildman–Crippen MR) is 118 cm³/mol. The number of aliphatic imine (C=N–C) groups is 1. The van der Waals surface area contributed by atoms with Gasteiger partial charge < -0.3 is 15.3 Å². The lowest BCUT2D eigenvalue weighted by molar-refractivity contribution is 0.181. The topological polar surface area (TPSA) is 47.9 Å². The lowest BCUT2D eigenvalue weighted by Crippen LogP contribution is -2.40. The third-order valence-corrected chi connectivity index (χ3v) is 4.77. The number of guanidine groups is 1. The summed E-state index contributed by atoms with van der Waals surface area (Å²) in [5, 5.41) is 13.6. The van der Waals surface area contributed by atoms with Crippen molar-refractivity contribution in [2.24, 2.45) is 4.99 Å². The second-order valence-electron chi connectivity index (χ2n) is 6.57. The summed E-state index contributed by atoms with van der Waals surface area (Å²) in [6.07, 6.45) is 0.127. The summed E-state index contributed by atoms with van der Waals surface area (Å²) >= 11 is 0. The van der Waals surface area contributed by atoms with Crippen molar-refractivity contribution < 1.29 is 9.50 Å². The molecule has 0 saturated carbocycles. The van der Waals surface area contributed by atoms with Crippen molar-refractivity contribution in [1.29, 1.82) is 0 Å². The van der Waals surface area contributed by atoms with Gasteiger partial charge in [-0.05, 0) is 25.0 Å². The Labute approximate surface area is 177 Å². The van der Waals surface area contributed by atoms with Crippen LogP contribution < -0.4 is 5.32 Å². The van der Waals surface area contributed by atoms with Crippen molar-refractivity contribution in [2.75, 3.05) is 26.2 Å². The quantitative estimate of drug-likeness (QED) is 0.385. The van der Waals surface area contributed by atoms with Crippen molar-refractivity contribution >= 4 is 29.9 Å². The number of aliphatic hydroxyl groups excluding tert-OH is 1. The van der Waals surface area contributed by atoms with E-state index in [0.717, 1.165) is 32.0 Å². The van der Waals surface area contributed by atoms with Gasteiger partial charge in [0, 0.05) is 31.1 Å². The summed E-state index contributed by atoms with van der Waals surface area (Å²) in [5.74, 6) is 0.864. The van der Waals surface area contributed by atoms with Crippen LogP contribution in [0.4, 0.5) is 4.39 Å². The van der Waals surface area contributed by atoms with E-state index in [1.807, 2.05) is 13.0 Å². The smallest absolute Gasteiger partial charge is 0.194 e. The van der Waals surface area contributed by atoms with Crippen LogP contribution >= 0.6 is 24.0 Å². The molecule has 0 bridgehead atoms. The minimum Gasteiger partial charge on any atom is -0.386 e. The highest BCUT2D eigenvalue weighted by molar-refractivity contribution is 14.0. The Bertz CT molecular complexity index is 741. The molecule has 2 aromatic carbocycles. The van der Waals surface area contributed by atoms with Crippen molar-refractivity contribution in [3.8, 4) is 0 Å². The normalized spacial score (nSPS) is 18.1. The molecule has 146 valence electrons. The molecular weight excluding hydrogens is 456 g/mol. The van der Waals surface area contributed by atoms with Crippen LogP contribution in [0.1, 0.15) is 36.5 Å². The number of nitrogens with one attached hydrogen (secondary N) is 1. The van der Waals surface area contributed by atoms with Gasteiger partial charge in [0.05, 0.1) is 6.54 Å². The van der Waals surface area contributed by atoms with Crippen LogP contribution in [0, 0.1) is 5.82 Å². The van der Waals surface area contributed by atoms with Gasteiger partial charge in [-0.2, -0.15) is 0 Å². The highest BCUT2D eigenvalue weighted by Crippen LogP contribution is 2.27. The first-order valence-corrected chi connectivity index (χ1v) is 9.19. The van der Waals surface area contributed by atoms with E-state index in [-0.39, 0.29) is 36.1 Å². The summed E-state index contributed by atoms with van der Waals surface area (Å²) in [5.41, 5.74) is 1.63. The zero-order chi connectivity index (χ0) is 18.4. The predicted octanol–water partition coefficient (Wildman–Crippen LogP) is 3.93. The third kappa shape index (κ3) is 5.65. The SMILES string of the molecule is CCNC(=NCC(O)c1ccccc1F)N1CCC(c2ccccc2)C1.I. The standard InChI is InChI=1S/C21H26FN3O.HI/c1-2-23-21(24-14-20(26)18-10-6-7-11-19(18)22)25-13-12-17(15-25)16-8-4-3-5-9-16;/h3-11,17,20,26H,2,12-15H2,1H3,(H,23,24);1H. The number of nitrogens with zero attached hydrogens (tertiary/aromatic N) is 2. The number of aliphatic hydroxyl groups is 1. The minimum absolute atomic E-state index is 0. The number of likely N-dealkylation sites (tertiary alicyclic amines) is 1. The van der Waals surface area contributed by atoms with E-state index in [1.54, 1.807) is 18.2 Å². The molecule has 0 aliphatic carbocycles. The van der Waals surface area contributed by atoms with Crippen LogP contribution in [-0.2, 0) is 0 Å². The monoisotopic (exact) mass is 483 g/mol. The van der Waals surface area contributed by atoms with Crippen LogP contribution in [0.3, 0.4) is 0 Å². The minimum atomic E-state index is -0.947. The van der Waals surface area contributed by atoms with Gasteiger partial charge in [-0.3, -0.25) is 4.99 Å². The van der Waals surface area contributed by atoms with E-state index < -0.39 is 11.9 Å². The fourth-order valence-corrected chi connectivity index (χ4v) is 3.39. The molecule has 1 saturated heterocycles. The summed E-state index contributed by atoms with van der Waals surface area (Å²) in [6.45, 7) is 4.72. The first-order valence-electron chi connectivity index (χ1n) is 9.19.